The molecule has 0 bridgehead atoms. The average Bonchev–Trinajstić information content (AvgIpc) is 2.81. The van der Waals surface area contributed by atoms with Crippen LogP contribution in [0.3, 0.4) is 0 Å². The van der Waals surface area contributed by atoms with E-state index in [1.807, 2.05) is 0 Å². The summed E-state index contributed by atoms with van der Waals surface area (Å²) < 4.78 is 11.2. The molecule has 8 nitrogen and oxygen atoms in total. The van der Waals surface area contributed by atoms with Gasteiger partial charge in [-0.15, -0.1) is 0 Å². The Bertz CT molecular complexity index is 1190. The van der Waals surface area contributed by atoms with Crippen molar-refractivity contribution in [2.45, 2.75) is 51.7 Å². The predicted molar refractivity (Wildman–Crippen MR) is 129 cm³/mol. The van der Waals surface area contributed by atoms with E-state index in [2.05, 4.69) is 10.6 Å². The maximum atomic E-state index is 13.6. The highest BCUT2D eigenvalue weighted by Crippen LogP contribution is 2.35. The van der Waals surface area contributed by atoms with E-state index in [0.29, 0.717) is 31.5 Å². The summed E-state index contributed by atoms with van der Waals surface area (Å²) in [6, 6.07) is 11.2. The molecule has 0 unspecified atom stereocenters. The number of ketones is 2. The van der Waals surface area contributed by atoms with E-state index in [4.69, 9.17) is 9.47 Å². The van der Waals surface area contributed by atoms with Crippen LogP contribution in [0.5, 0.6) is 5.75 Å². The molecule has 1 saturated heterocycles. The number of hydrogen-bond acceptors (Lipinski definition) is 7. The summed E-state index contributed by atoms with van der Waals surface area (Å²) in [6.07, 6.45) is 0.545. The van der Waals surface area contributed by atoms with Crippen LogP contribution in [0.15, 0.2) is 42.5 Å². The summed E-state index contributed by atoms with van der Waals surface area (Å²) in [7, 11) is 0. The first kappa shape index (κ1) is 24.6. The Morgan fingerprint density at radius 2 is 1.49 bits per heavy atom. The highest BCUT2D eigenvalue weighted by molar-refractivity contribution is 6.29. The van der Waals surface area contributed by atoms with Crippen LogP contribution in [-0.2, 0) is 9.53 Å². The Hall–Kier alpha value is -3.52. The van der Waals surface area contributed by atoms with E-state index in [9.17, 15) is 19.2 Å². The Morgan fingerprint density at radius 1 is 0.886 bits per heavy atom. The molecule has 1 heterocycles. The number of ether oxygens (including phenoxy) is 2. The molecular formula is C27H30N2O6. The molecule has 35 heavy (non-hydrogen) atoms. The number of rotatable bonds is 4. The second kappa shape index (κ2) is 9.26. The number of nitrogens with one attached hydrogen (secondary N) is 2. The van der Waals surface area contributed by atoms with Gasteiger partial charge in [0.15, 0.2) is 11.6 Å². The molecule has 0 spiro atoms. The number of carbonyl (C=O) groups is 4. The maximum absolute atomic E-state index is 13.6. The Labute approximate surface area is 204 Å². The van der Waals surface area contributed by atoms with Crippen molar-refractivity contribution < 1.29 is 28.7 Å². The van der Waals surface area contributed by atoms with Gasteiger partial charge in [0.05, 0.1) is 5.56 Å². The number of piperidine rings is 1. The van der Waals surface area contributed by atoms with Crippen molar-refractivity contribution in [2.75, 3.05) is 13.1 Å². The summed E-state index contributed by atoms with van der Waals surface area (Å²) >= 11 is 0. The number of carbonyl (C=O) groups excluding carboxylic acids is 4. The molecule has 1 aliphatic heterocycles. The van der Waals surface area contributed by atoms with Crippen molar-refractivity contribution >= 4 is 23.6 Å². The minimum atomic E-state index is -1.41. The van der Waals surface area contributed by atoms with Gasteiger partial charge < -0.3 is 20.1 Å². The van der Waals surface area contributed by atoms with E-state index in [1.165, 1.54) is 6.07 Å². The van der Waals surface area contributed by atoms with E-state index in [1.54, 1.807) is 64.1 Å². The molecule has 0 aromatic heterocycles. The molecule has 0 radical (unpaired) electrons. The van der Waals surface area contributed by atoms with Crippen LogP contribution in [0.4, 0.5) is 4.79 Å². The molecule has 2 aromatic rings. The van der Waals surface area contributed by atoms with Gasteiger partial charge in [0, 0.05) is 16.7 Å². The summed E-state index contributed by atoms with van der Waals surface area (Å²) in [5.74, 6) is -1.64. The largest absolute Gasteiger partial charge is 0.444 e. The number of fused-ring (bicyclic) bond motifs is 2. The van der Waals surface area contributed by atoms with E-state index in [-0.39, 0.29) is 39.9 Å². The fourth-order valence-corrected chi connectivity index (χ4v) is 4.64. The molecule has 184 valence electrons. The summed E-state index contributed by atoms with van der Waals surface area (Å²) in [6.45, 7) is 8.21. The van der Waals surface area contributed by atoms with Crippen LogP contribution in [-0.4, -0.2) is 47.9 Å². The fourth-order valence-electron chi connectivity index (χ4n) is 4.64. The Kier molecular flexibility index (Phi) is 6.51. The second-order valence-corrected chi connectivity index (χ2v) is 10.1. The third-order valence-corrected chi connectivity index (χ3v) is 6.46. The zero-order chi connectivity index (χ0) is 25.4. The molecular weight excluding hydrogens is 448 g/mol. The molecule has 1 atom stereocenters. The molecule has 1 amide bonds. The maximum Gasteiger partial charge on any atom is 0.408 e. The van der Waals surface area contributed by atoms with Crippen molar-refractivity contribution in [3.05, 3.63) is 64.7 Å². The number of amides is 1. The third-order valence-electron chi connectivity index (χ3n) is 6.46. The average molecular weight is 479 g/mol. The number of alkyl carbamates (subject to hydrolysis) is 1. The minimum absolute atomic E-state index is 0.00787. The van der Waals surface area contributed by atoms with Crippen molar-refractivity contribution in [3.63, 3.8) is 0 Å². The van der Waals surface area contributed by atoms with Crippen LogP contribution in [0.2, 0.25) is 0 Å². The van der Waals surface area contributed by atoms with Crippen molar-refractivity contribution in [1.29, 1.82) is 0 Å². The van der Waals surface area contributed by atoms with Gasteiger partial charge in [-0.1, -0.05) is 36.4 Å². The lowest BCUT2D eigenvalue weighted by Crippen LogP contribution is -2.61. The van der Waals surface area contributed by atoms with Gasteiger partial charge in [-0.05, 0) is 65.6 Å². The molecule has 1 aliphatic carbocycles. The third kappa shape index (κ3) is 4.84. The van der Waals surface area contributed by atoms with Gasteiger partial charge in [-0.25, -0.2) is 9.59 Å². The van der Waals surface area contributed by atoms with E-state index in [0.717, 1.165) is 0 Å². The number of hydrogen-bond donors (Lipinski definition) is 2. The molecule has 4 rings (SSSR count). The number of esters is 1. The lowest BCUT2D eigenvalue weighted by molar-refractivity contribution is -0.144. The normalized spacial score (nSPS) is 17.6. The zero-order valence-corrected chi connectivity index (χ0v) is 20.4. The van der Waals surface area contributed by atoms with Crippen molar-refractivity contribution in [2.24, 2.45) is 5.92 Å². The first-order chi connectivity index (χ1) is 16.5. The van der Waals surface area contributed by atoms with Crippen LogP contribution < -0.4 is 15.4 Å². The summed E-state index contributed by atoms with van der Waals surface area (Å²) in [4.78, 5) is 52.7. The smallest absolute Gasteiger partial charge is 0.408 e. The predicted octanol–water partition coefficient (Wildman–Crippen LogP) is 3.65. The first-order valence-electron chi connectivity index (χ1n) is 11.8. The van der Waals surface area contributed by atoms with E-state index >= 15 is 0 Å². The minimum Gasteiger partial charge on any atom is -0.444 e. The van der Waals surface area contributed by atoms with Crippen LogP contribution in [0, 0.1) is 5.92 Å². The lowest BCUT2D eigenvalue weighted by Gasteiger charge is -2.38. The second-order valence-electron chi connectivity index (χ2n) is 10.1. The zero-order valence-electron chi connectivity index (χ0n) is 20.4. The van der Waals surface area contributed by atoms with Gasteiger partial charge >= 0.3 is 12.1 Å². The summed E-state index contributed by atoms with van der Waals surface area (Å²) in [5, 5.41) is 5.99. The van der Waals surface area contributed by atoms with Crippen LogP contribution >= 0.6 is 0 Å². The Balaban J connectivity index is 1.68. The Morgan fingerprint density at radius 3 is 2.11 bits per heavy atom. The number of benzene rings is 2. The highest BCUT2D eigenvalue weighted by Gasteiger charge is 2.46. The summed E-state index contributed by atoms with van der Waals surface area (Å²) in [5.41, 5.74) is -1.34. The standard InChI is InChI=1S/C27H30N2O6/c1-26(2,3)35-25(33)29-27(4,16-12-14-28-15-13-16)24(32)34-20-11-7-10-19-21(20)23(31)18-9-6-5-8-17(18)22(19)30/h5-11,16,28H,12-15H2,1-4H3,(H,29,33)/t27-/m0/s1. The quantitative estimate of drug-likeness (QED) is 0.435. The molecule has 1 fully saturated rings. The van der Waals surface area contributed by atoms with Gasteiger partial charge in [0.1, 0.15) is 16.9 Å². The van der Waals surface area contributed by atoms with Crippen LogP contribution in [0.25, 0.3) is 0 Å². The van der Waals surface area contributed by atoms with Crippen molar-refractivity contribution in [1.82, 2.24) is 10.6 Å². The lowest BCUT2D eigenvalue weighted by atomic mass is 9.79. The molecule has 0 saturated carbocycles. The van der Waals surface area contributed by atoms with Gasteiger partial charge in [-0.3, -0.25) is 9.59 Å². The molecule has 8 heteroatoms. The van der Waals surface area contributed by atoms with Gasteiger partial charge in [0.2, 0.25) is 0 Å². The first-order valence-corrected chi connectivity index (χ1v) is 11.8. The molecule has 2 aliphatic rings. The van der Waals surface area contributed by atoms with Crippen molar-refractivity contribution in [3.8, 4) is 5.75 Å². The van der Waals surface area contributed by atoms with Crippen LogP contribution in [0.1, 0.15) is 72.4 Å². The van der Waals surface area contributed by atoms with Gasteiger partial charge in [-0.2, -0.15) is 0 Å². The fraction of sp³-hybridized carbons (Fsp3) is 0.407. The van der Waals surface area contributed by atoms with Gasteiger partial charge in [0.25, 0.3) is 0 Å². The van der Waals surface area contributed by atoms with E-state index < -0.39 is 23.2 Å². The topological polar surface area (TPSA) is 111 Å². The SMILES string of the molecule is CC(C)(C)OC(=O)N[C@](C)(C(=O)Oc1cccc2c1C(=O)c1ccccc1C2=O)C1CCNCC1. The molecule has 2 N–H and O–H groups in total. The molecule has 2 aromatic carbocycles. The monoisotopic (exact) mass is 478 g/mol. The highest BCUT2D eigenvalue weighted by atomic mass is 16.6.